The molecule has 2 aliphatic heterocycles. The number of urea groups is 1. The van der Waals surface area contributed by atoms with Gasteiger partial charge >= 0.3 is 6.03 Å². The fourth-order valence-electron chi connectivity index (χ4n) is 2.96. The third kappa shape index (κ3) is 3.74. The van der Waals surface area contributed by atoms with Gasteiger partial charge in [-0.3, -0.25) is 0 Å². The van der Waals surface area contributed by atoms with E-state index in [0.717, 1.165) is 0 Å². The van der Waals surface area contributed by atoms with Gasteiger partial charge < -0.3 is 29.5 Å². The van der Waals surface area contributed by atoms with Gasteiger partial charge in [0.2, 0.25) is 6.79 Å². The molecule has 2 heterocycles. The summed E-state index contributed by atoms with van der Waals surface area (Å²) >= 11 is 0. The number of methoxy groups -OCH3 is 1. The average molecular weight is 372 g/mol. The topological polar surface area (TPSA) is 114 Å². The molecule has 1 unspecified atom stereocenters. The van der Waals surface area contributed by atoms with Crippen LogP contribution in [0.4, 0.5) is 10.5 Å². The second-order valence-corrected chi connectivity index (χ2v) is 8.04. The number of rotatable bonds is 5. The maximum absolute atomic E-state index is 12.7. The first-order chi connectivity index (χ1) is 11.9. The van der Waals surface area contributed by atoms with E-state index in [1.807, 2.05) is 0 Å². The molecule has 1 fully saturated rings. The largest absolute Gasteiger partial charge is 0.494 e. The minimum absolute atomic E-state index is 0.0406. The number of aliphatic hydroxyl groups is 1. The Balaban J connectivity index is 1.80. The van der Waals surface area contributed by atoms with Gasteiger partial charge in [-0.2, -0.15) is 0 Å². The SMILES string of the molecule is COc1cc2c(cc1NC(=O)N(CCO)C1CCS(=O)(=O)C1)OCO2. The predicted octanol–water partition coefficient (Wildman–Crippen LogP) is 0.437. The van der Waals surface area contributed by atoms with Gasteiger partial charge in [-0.05, 0) is 6.42 Å². The molecule has 0 spiro atoms. The number of benzene rings is 1. The van der Waals surface area contributed by atoms with Crippen LogP contribution in [-0.4, -0.2) is 69.1 Å². The van der Waals surface area contributed by atoms with E-state index in [1.165, 1.54) is 12.0 Å². The van der Waals surface area contributed by atoms with Gasteiger partial charge in [0.25, 0.3) is 0 Å². The highest BCUT2D eigenvalue weighted by atomic mass is 32.2. The fraction of sp³-hybridized carbons (Fsp3) is 0.533. The number of carbonyl (C=O) groups excluding carboxylic acids is 1. The normalized spacial score (nSPS) is 20.3. The molecule has 3 rings (SSSR count). The third-order valence-corrected chi connectivity index (χ3v) is 5.94. The molecule has 0 aliphatic carbocycles. The number of sulfone groups is 1. The van der Waals surface area contributed by atoms with E-state index in [2.05, 4.69) is 5.32 Å². The quantitative estimate of drug-likeness (QED) is 0.771. The second kappa shape index (κ2) is 6.96. The lowest BCUT2D eigenvalue weighted by molar-refractivity contribution is 0.168. The van der Waals surface area contributed by atoms with Crippen molar-refractivity contribution < 1.29 is 32.5 Å². The van der Waals surface area contributed by atoms with Crippen molar-refractivity contribution in [3.05, 3.63) is 12.1 Å². The lowest BCUT2D eigenvalue weighted by Gasteiger charge is -2.28. The molecule has 1 saturated heterocycles. The number of nitrogens with zero attached hydrogens (tertiary/aromatic N) is 1. The highest BCUT2D eigenvalue weighted by Gasteiger charge is 2.34. The van der Waals surface area contributed by atoms with Gasteiger partial charge in [0.1, 0.15) is 5.75 Å². The number of amides is 2. The van der Waals surface area contributed by atoms with Gasteiger partial charge in [-0.1, -0.05) is 0 Å². The van der Waals surface area contributed by atoms with Gasteiger partial charge in [-0.15, -0.1) is 0 Å². The number of ether oxygens (including phenoxy) is 3. The molecule has 0 aromatic heterocycles. The van der Waals surface area contributed by atoms with Crippen molar-refractivity contribution in [3.63, 3.8) is 0 Å². The number of hydrogen-bond donors (Lipinski definition) is 2. The Kier molecular flexibility index (Phi) is 4.91. The number of aliphatic hydroxyl groups excluding tert-OH is 1. The van der Waals surface area contributed by atoms with Crippen LogP contribution in [0.25, 0.3) is 0 Å². The van der Waals surface area contributed by atoms with Crippen LogP contribution in [0.5, 0.6) is 17.2 Å². The minimum Gasteiger partial charge on any atom is -0.494 e. The zero-order valence-electron chi connectivity index (χ0n) is 13.7. The first-order valence-corrected chi connectivity index (χ1v) is 9.62. The summed E-state index contributed by atoms with van der Waals surface area (Å²) in [7, 11) is -1.69. The van der Waals surface area contributed by atoms with Crippen LogP contribution in [-0.2, 0) is 9.84 Å². The maximum Gasteiger partial charge on any atom is 0.322 e. The monoisotopic (exact) mass is 372 g/mol. The molecule has 2 N–H and O–H groups in total. The molecular formula is C15H20N2O7S. The maximum atomic E-state index is 12.7. The van der Waals surface area contributed by atoms with Gasteiger partial charge in [-0.25, -0.2) is 13.2 Å². The Morgan fingerprint density at radius 1 is 1.40 bits per heavy atom. The van der Waals surface area contributed by atoms with Crippen LogP contribution in [0.1, 0.15) is 6.42 Å². The Labute approximate surface area is 145 Å². The lowest BCUT2D eigenvalue weighted by atomic mass is 10.2. The molecule has 1 atom stereocenters. The first-order valence-electron chi connectivity index (χ1n) is 7.80. The van der Waals surface area contributed by atoms with Crippen molar-refractivity contribution in [3.8, 4) is 17.2 Å². The highest BCUT2D eigenvalue weighted by molar-refractivity contribution is 7.91. The Morgan fingerprint density at radius 3 is 2.72 bits per heavy atom. The average Bonchev–Trinajstić information content (AvgIpc) is 3.16. The molecule has 9 nitrogen and oxygen atoms in total. The summed E-state index contributed by atoms with van der Waals surface area (Å²) < 4.78 is 39.2. The summed E-state index contributed by atoms with van der Waals surface area (Å²) in [5.74, 6) is 1.33. The van der Waals surface area contributed by atoms with E-state index in [0.29, 0.717) is 29.4 Å². The van der Waals surface area contributed by atoms with Crippen molar-refractivity contribution in [1.29, 1.82) is 0 Å². The summed E-state index contributed by atoms with van der Waals surface area (Å²) in [5.41, 5.74) is 0.376. The molecule has 138 valence electrons. The Morgan fingerprint density at radius 2 is 2.12 bits per heavy atom. The Hall–Kier alpha value is -2.20. The zero-order valence-corrected chi connectivity index (χ0v) is 14.5. The summed E-state index contributed by atoms with van der Waals surface area (Å²) in [5, 5.41) is 11.9. The van der Waals surface area contributed by atoms with Crippen molar-refractivity contribution in [2.24, 2.45) is 0 Å². The van der Waals surface area contributed by atoms with Crippen molar-refractivity contribution in [2.45, 2.75) is 12.5 Å². The zero-order chi connectivity index (χ0) is 18.0. The molecule has 2 aliphatic rings. The minimum atomic E-state index is -3.15. The second-order valence-electron chi connectivity index (χ2n) is 5.81. The van der Waals surface area contributed by atoms with E-state index >= 15 is 0 Å². The summed E-state index contributed by atoms with van der Waals surface area (Å²) in [6, 6.07) is 2.22. The molecule has 2 amide bonds. The Bertz CT molecular complexity index is 765. The smallest absolute Gasteiger partial charge is 0.322 e. The molecule has 1 aromatic rings. The van der Waals surface area contributed by atoms with Gasteiger partial charge in [0, 0.05) is 24.7 Å². The molecule has 0 bridgehead atoms. The number of hydrogen-bond acceptors (Lipinski definition) is 7. The summed E-state index contributed by atoms with van der Waals surface area (Å²) in [6.07, 6.45) is 0.355. The number of fused-ring (bicyclic) bond motifs is 1. The van der Waals surface area contributed by atoms with Crippen LogP contribution in [0, 0.1) is 0 Å². The fourth-order valence-corrected chi connectivity index (χ4v) is 4.69. The number of carbonyl (C=O) groups is 1. The van der Waals surface area contributed by atoms with Crippen molar-refractivity contribution in [1.82, 2.24) is 4.90 Å². The van der Waals surface area contributed by atoms with E-state index in [1.54, 1.807) is 12.1 Å². The third-order valence-electron chi connectivity index (χ3n) is 4.19. The van der Waals surface area contributed by atoms with Crippen LogP contribution in [0.2, 0.25) is 0 Å². The van der Waals surface area contributed by atoms with Crippen molar-refractivity contribution >= 4 is 21.6 Å². The van der Waals surface area contributed by atoms with E-state index in [-0.39, 0.29) is 31.5 Å². The molecule has 0 saturated carbocycles. The lowest BCUT2D eigenvalue weighted by Crippen LogP contribution is -2.45. The molecule has 25 heavy (non-hydrogen) atoms. The van der Waals surface area contributed by atoms with E-state index in [9.17, 15) is 18.3 Å². The highest BCUT2D eigenvalue weighted by Crippen LogP contribution is 2.40. The first kappa shape index (κ1) is 17.6. The molecular weight excluding hydrogens is 352 g/mol. The van der Waals surface area contributed by atoms with E-state index < -0.39 is 21.9 Å². The van der Waals surface area contributed by atoms with E-state index in [4.69, 9.17) is 14.2 Å². The van der Waals surface area contributed by atoms with Crippen LogP contribution in [0.15, 0.2) is 12.1 Å². The predicted molar refractivity (Wildman–Crippen MR) is 89.0 cm³/mol. The van der Waals surface area contributed by atoms with Crippen LogP contribution >= 0.6 is 0 Å². The number of nitrogens with one attached hydrogen (secondary N) is 1. The summed E-state index contributed by atoms with van der Waals surface area (Å²) in [4.78, 5) is 14.0. The molecule has 0 radical (unpaired) electrons. The van der Waals surface area contributed by atoms with Crippen LogP contribution < -0.4 is 19.5 Å². The standard InChI is InChI=1S/C15H20N2O7S/c1-22-12-7-14-13(23-9-24-14)6-11(12)16-15(19)17(3-4-18)10-2-5-25(20,21)8-10/h6-7,10,18H,2-5,8-9H2,1H3,(H,16,19). The summed E-state index contributed by atoms with van der Waals surface area (Å²) in [6.45, 7) is -0.131. The van der Waals surface area contributed by atoms with Gasteiger partial charge in [0.15, 0.2) is 21.3 Å². The molecule has 1 aromatic carbocycles. The van der Waals surface area contributed by atoms with Gasteiger partial charge in [0.05, 0.1) is 30.9 Å². The van der Waals surface area contributed by atoms with Crippen molar-refractivity contribution in [2.75, 3.05) is 43.9 Å². The van der Waals surface area contributed by atoms with Crippen LogP contribution in [0.3, 0.4) is 0 Å². The molecule has 10 heteroatoms. The number of anilines is 1.